The molecule has 0 unspecified atom stereocenters. The minimum Gasteiger partial charge on any atom is -0.385 e. The lowest BCUT2D eigenvalue weighted by Crippen LogP contribution is -2.28. The molecule has 0 saturated heterocycles. The highest BCUT2D eigenvalue weighted by Crippen LogP contribution is 2.40. The number of hydrogen-bond acceptors (Lipinski definition) is 1. The predicted molar refractivity (Wildman–Crippen MR) is 65.9 cm³/mol. The fourth-order valence-electron chi connectivity index (χ4n) is 2.40. The molecule has 0 aliphatic heterocycles. The average molecular weight is 269 g/mol. The molecule has 0 radical (unpaired) electrons. The molecule has 1 aromatic carbocycles. The van der Waals surface area contributed by atoms with E-state index in [2.05, 4.69) is 41.1 Å². The van der Waals surface area contributed by atoms with Gasteiger partial charge >= 0.3 is 0 Å². The second-order valence-electron chi connectivity index (χ2n) is 4.58. The first-order valence-electron chi connectivity index (χ1n) is 5.61. The Hall–Kier alpha value is -0.340. The molecular formula is C13H17BrO. The van der Waals surface area contributed by atoms with Crippen LogP contribution in [0.3, 0.4) is 0 Å². The van der Waals surface area contributed by atoms with Crippen LogP contribution in [-0.2, 0) is 5.60 Å². The molecule has 0 bridgehead atoms. The molecule has 0 amide bonds. The first kappa shape index (κ1) is 11.2. The van der Waals surface area contributed by atoms with Crippen LogP contribution in [0.4, 0.5) is 0 Å². The van der Waals surface area contributed by atoms with Crippen molar-refractivity contribution < 1.29 is 5.11 Å². The average Bonchev–Trinajstić information content (AvgIpc) is 2.18. The van der Waals surface area contributed by atoms with Crippen LogP contribution in [0.25, 0.3) is 0 Å². The number of aryl methyl sites for hydroxylation is 1. The zero-order valence-electron chi connectivity index (χ0n) is 9.09. The number of rotatable bonds is 1. The van der Waals surface area contributed by atoms with E-state index in [1.807, 2.05) is 0 Å². The van der Waals surface area contributed by atoms with E-state index in [1.54, 1.807) is 0 Å². The Morgan fingerprint density at radius 1 is 1.20 bits per heavy atom. The standard InChI is InChI=1S/C13H17BrO/c1-10-5-6-11(12(14)9-10)13(15)7-3-2-4-8-13/h5-6,9,15H,2-4,7-8H2,1H3. The van der Waals surface area contributed by atoms with Crippen molar-refractivity contribution in [3.63, 3.8) is 0 Å². The lowest BCUT2D eigenvalue weighted by molar-refractivity contribution is -0.00129. The lowest BCUT2D eigenvalue weighted by Gasteiger charge is -2.33. The molecule has 0 spiro atoms. The van der Waals surface area contributed by atoms with Gasteiger partial charge in [0.05, 0.1) is 5.60 Å². The lowest BCUT2D eigenvalue weighted by atomic mass is 9.79. The highest BCUT2D eigenvalue weighted by atomic mass is 79.9. The zero-order valence-corrected chi connectivity index (χ0v) is 10.7. The van der Waals surface area contributed by atoms with Gasteiger partial charge in [-0.15, -0.1) is 0 Å². The van der Waals surface area contributed by atoms with Crippen molar-refractivity contribution in [2.75, 3.05) is 0 Å². The van der Waals surface area contributed by atoms with Crippen molar-refractivity contribution in [2.45, 2.75) is 44.6 Å². The van der Waals surface area contributed by atoms with Crippen LogP contribution in [0, 0.1) is 6.92 Å². The summed E-state index contributed by atoms with van der Waals surface area (Å²) in [6.45, 7) is 2.07. The van der Waals surface area contributed by atoms with Gasteiger partial charge < -0.3 is 5.11 Å². The Labute approximate surface area is 99.6 Å². The van der Waals surface area contributed by atoms with Gasteiger partial charge in [-0.05, 0) is 37.0 Å². The van der Waals surface area contributed by atoms with E-state index in [-0.39, 0.29) is 0 Å². The summed E-state index contributed by atoms with van der Waals surface area (Å²) in [5.74, 6) is 0. The first-order chi connectivity index (χ1) is 7.12. The SMILES string of the molecule is Cc1ccc(C2(O)CCCCC2)c(Br)c1. The molecule has 2 heteroatoms. The van der Waals surface area contributed by atoms with Gasteiger partial charge in [-0.3, -0.25) is 0 Å². The van der Waals surface area contributed by atoms with Crippen molar-refractivity contribution in [1.82, 2.24) is 0 Å². The van der Waals surface area contributed by atoms with Gasteiger partial charge in [0.25, 0.3) is 0 Å². The molecule has 0 atom stereocenters. The van der Waals surface area contributed by atoms with Crippen LogP contribution in [0.2, 0.25) is 0 Å². The summed E-state index contributed by atoms with van der Waals surface area (Å²) in [5.41, 5.74) is 1.70. The van der Waals surface area contributed by atoms with E-state index in [0.717, 1.165) is 35.7 Å². The maximum absolute atomic E-state index is 10.6. The third kappa shape index (κ3) is 2.26. The molecule has 1 aromatic rings. The maximum atomic E-state index is 10.6. The summed E-state index contributed by atoms with van der Waals surface area (Å²) in [5, 5.41) is 10.6. The Bertz CT molecular complexity index is 354. The fourth-order valence-corrected chi connectivity index (χ4v) is 3.27. The molecule has 0 aromatic heterocycles. The monoisotopic (exact) mass is 268 g/mol. The van der Waals surface area contributed by atoms with Gasteiger partial charge in [-0.1, -0.05) is 47.3 Å². The number of halogens is 1. The van der Waals surface area contributed by atoms with Crippen LogP contribution in [0.15, 0.2) is 22.7 Å². The molecule has 1 fully saturated rings. The van der Waals surface area contributed by atoms with Crippen LogP contribution >= 0.6 is 15.9 Å². The molecular weight excluding hydrogens is 252 g/mol. The largest absolute Gasteiger partial charge is 0.385 e. The van der Waals surface area contributed by atoms with E-state index in [0.29, 0.717) is 0 Å². The molecule has 1 aliphatic rings. The van der Waals surface area contributed by atoms with E-state index < -0.39 is 5.60 Å². The highest BCUT2D eigenvalue weighted by Gasteiger charge is 2.32. The number of benzene rings is 1. The Morgan fingerprint density at radius 3 is 2.47 bits per heavy atom. The summed E-state index contributed by atoms with van der Waals surface area (Å²) in [6.07, 6.45) is 5.32. The molecule has 1 saturated carbocycles. The molecule has 2 rings (SSSR count). The zero-order chi connectivity index (χ0) is 10.9. The van der Waals surface area contributed by atoms with Crippen LogP contribution in [-0.4, -0.2) is 5.11 Å². The second kappa shape index (κ2) is 4.26. The molecule has 15 heavy (non-hydrogen) atoms. The summed E-state index contributed by atoms with van der Waals surface area (Å²) < 4.78 is 1.05. The minimum atomic E-state index is -0.592. The van der Waals surface area contributed by atoms with E-state index >= 15 is 0 Å². The topological polar surface area (TPSA) is 20.2 Å². The summed E-state index contributed by atoms with van der Waals surface area (Å²) in [7, 11) is 0. The van der Waals surface area contributed by atoms with E-state index in [9.17, 15) is 5.11 Å². The van der Waals surface area contributed by atoms with Gasteiger partial charge in [0.15, 0.2) is 0 Å². The predicted octanol–water partition coefficient (Wildman–Crippen LogP) is 3.91. The second-order valence-corrected chi connectivity index (χ2v) is 5.43. The Morgan fingerprint density at radius 2 is 1.87 bits per heavy atom. The van der Waals surface area contributed by atoms with Crippen LogP contribution in [0.1, 0.15) is 43.2 Å². The summed E-state index contributed by atoms with van der Waals surface area (Å²) in [4.78, 5) is 0. The first-order valence-corrected chi connectivity index (χ1v) is 6.40. The van der Waals surface area contributed by atoms with Crippen molar-refractivity contribution in [3.05, 3.63) is 33.8 Å². The van der Waals surface area contributed by atoms with Crippen molar-refractivity contribution >= 4 is 15.9 Å². The van der Waals surface area contributed by atoms with Gasteiger partial charge in [0, 0.05) is 4.47 Å². The van der Waals surface area contributed by atoms with Gasteiger partial charge in [-0.2, -0.15) is 0 Å². The van der Waals surface area contributed by atoms with Crippen LogP contribution < -0.4 is 0 Å². The van der Waals surface area contributed by atoms with Gasteiger partial charge in [0.2, 0.25) is 0 Å². The molecule has 1 nitrogen and oxygen atoms in total. The van der Waals surface area contributed by atoms with Gasteiger partial charge in [-0.25, -0.2) is 0 Å². The van der Waals surface area contributed by atoms with E-state index in [1.165, 1.54) is 12.0 Å². The number of hydrogen-bond donors (Lipinski definition) is 1. The molecule has 1 N–H and O–H groups in total. The molecule has 1 aliphatic carbocycles. The summed E-state index contributed by atoms with van der Waals surface area (Å²) in [6, 6.07) is 6.22. The minimum absolute atomic E-state index is 0.592. The van der Waals surface area contributed by atoms with Crippen LogP contribution in [0.5, 0.6) is 0 Å². The molecule has 0 heterocycles. The number of aliphatic hydroxyl groups is 1. The smallest absolute Gasteiger partial charge is 0.0907 e. The fraction of sp³-hybridized carbons (Fsp3) is 0.538. The highest BCUT2D eigenvalue weighted by molar-refractivity contribution is 9.10. The third-order valence-corrected chi connectivity index (χ3v) is 3.96. The maximum Gasteiger partial charge on any atom is 0.0907 e. The normalized spacial score (nSPS) is 20.2. The third-order valence-electron chi connectivity index (χ3n) is 3.31. The van der Waals surface area contributed by atoms with Crippen molar-refractivity contribution in [1.29, 1.82) is 0 Å². The van der Waals surface area contributed by atoms with Crippen molar-refractivity contribution in [2.24, 2.45) is 0 Å². The molecule has 82 valence electrons. The summed E-state index contributed by atoms with van der Waals surface area (Å²) >= 11 is 3.56. The van der Waals surface area contributed by atoms with Crippen molar-refractivity contribution in [3.8, 4) is 0 Å². The Balaban J connectivity index is 2.35. The Kier molecular flexibility index (Phi) is 3.17. The quantitative estimate of drug-likeness (QED) is 0.819. The van der Waals surface area contributed by atoms with E-state index in [4.69, 9.17) is 0 Å². The van der Waals surface area contributed by atoms with Gasteiger partial charge in [0.1, 0.15) is 0 Å².